The Morgan fingerprint density at radius 1 is 1.56 bits per heavy atom. The highest BCUT2D eigenvalue weighted by Gasteiger charge is 2.09. The van der Waals surface area contributed by atoms with Crippen molar-refractivity contribution >= 4 is 0 Å². The number of aromatic nitrogens is 3. The Balaban J connectivity index is 2.17. The maximum atomic E-state index is 5.86. The fraction of sp³-hybridized carbons (Fsp3) is 0.455. The molecule has 0 amide bonds. The normalized spacial score (nSPS) is 12.9. The van der Waals surface area contributed by atoms with Crippen molar-refractivity contribution in [1.29, 1.82) is 0 Å². The van der Waals surface area contributed by atoms with Gasteiger partial charge in [-0.1, -0.05) is 12.1 Å². The van der Waals surface area contributed by atoms with Crippen LogP contribution in [0, 0.1) is 0 Å². The Kier molecular flexibility index (Phi) is 3.05. The lowest BCUT2D eigenvalue weighted by atomic mass is 10.2. The summed E-state index contributed by atoms with van der Waals surface area (Å²) in [5, 5.41) is 3.91. The first-order valence-corrected chi connectivity index (χ1v) is 5.42. The van der Waals surface area contributed by atoms with Gasteiger partial charge in [0.05, 0.1) is 6.54 Å². The molecule has 2 heterocycles. The zero-order chi connectivity index (χ0) is 11.5. The van der Waals surface area contributed by atoms with E-state index in [0.29, 0.717) is 18.3 Å². The minimum Gasteiger partial charge on any atom is -0.342 e. The standard InChI is InChI=1S/C11H16N4O/c1-3-11-13-10(14-16-11)7-15-6-4-5-9(15)8(2)12/h4-6,8H,3,7,12H2,1-2H3. The molecule has 2 rings (SSSR count). The summed E-state index contributed by atoms with van der Waals surface area (Å²) in [6.45, 7) is 4.55. The summed E-state index contributed by atoms with van der Waals surface area (Å²) in [5.74, 6) is 1.36. The summed E-state index contributed by atoms with van der Waals surface area (Å²) in [6.07, 6.45) is 2.74. The average Bonchev–Trinajstić information content (AvgIpc) is 2.87. The molecule has 0 spiro atoms. The largest absolute Gasteiger partial charge is 0.342 e. The van der Waals surface area contributed by atoms with Gasteiger partial charge >= 0.3 is 0 Å². The highest BCUT2D eigenvalue weighted by Crippen LogP contribution is 2.12. The molecule has 2 aromatic rings. The van der Waals surface area contributed by atoms with Crippen LogP contribution in [0.15, 0.2) is 22.9 Å². The van der Waals surface area contributed by atoms with E-state index in [-0.39, 0.29) is 6.04 Å². The van der Waals surface area contributed by atoms with Crippen LogP contribution in [0.4, 0.5) is 0 Å². The third-order valence-electron chi connectivity index (χ3n) is 2.46. The molecule has 0 radical (unpaired) electrons. The van der Waals surface area contributed by atoms with E-state index in [9.17, 15) is 0 Å². The SMILES string of the molecule is CCc1nc(Cn2cccc2C(C)N)no1. The molecule has 0 fully saturated rings. The number of hydrogen-bond donors (Lipinski definition) is 1. The molecule has 0 bridgehead atoms. The lowest BCUT2D eigenvalue weighted by Gasteiger charge is -2.09. The smallest absolute Gasteiger partial charge is 0.226 e. The maximum absolute atomic E-state index is 5.86. The van der Waals surface area contributed by atoms with Gasteiger partial charge in [-0.3, -0.25) is 0 Å². The van der Waals surface area contributed by atoms with Crippen LogP contribution in [0.5, 0.6) is 0 Å². The Labute approximate surface area is 94.3 Å². The van der Waals surface area contributed by atoms with Crippen molar-refractivity contribution in [3.05, 3.63) is 35.7 Å². The second kappa shape index (κ2) is 4.49. The molecular weight excluding hydrogens is 204 g/mol. The summed E-state index contributed by atoms with van der Waals surface area (Å²) in [6, 6.07) is 3.98. The summed E-state index contributed by atoms with van der Waals surface area (Å²) in [5.41, 5.74) is 6.93. The van der Waals surface area contributed by atoms with Crippen LogP contribution in [0.1, 0.15) is 37.3 Å². The Morgan fingerprint density at radius 3 is 3.00 bits per heavy atom. The van der Waals surface area contributed by atoms with Crippen LogP contribution in [0.2, 0.25) is 0 Å². The van der Waals surface area contributed by atoms with Gasteiger partial charge in [-0.05, 0) is 19.1 Å². The molecule has 5 heteroatoms. The number of nitrogens with two attached hydrogens (primary N) is 1. The molecule has 86 valence electrons. The van der Waals surface area contributed by atoms with Crippen molar-refractivity contribution in [2.24, 2.45) is 5.73 Å². The zero-order valence-corrected chi connectivity index (χ0v) is 9.55. The summed E-state index contributed by atoms with van der Waals surface area (Å²) in [7, 11) is 0. The van der Waals surface area contributed by atoms with Crippen LogP contribution in [0.25, 0.3) is 0 Å². The van der Waals surface area contributed by atoms with Gasteiger partial charge in [0.1, 0.15) is 0 Å². The van der Waals surface area contributed by atoms with Crippen LogP contribution >= 0.6 is 0 Å². The molecule has 0 aliphatic carbocycles. The maximum Gasteiger partial charge on any atom is 0.226 e. The molecule has 0 aliphatic rings. The highest BCUT2D eigenvalue weighted by atomic mass is 16.5. The van der Waals surface area contributed by atoms with E-state index in [1.807, 2.05) is 36.7 Å². The number of nitrogens with zero attached hydrogens (tertiary/aromatic N) is 3. The van der Waals surface area contributed by atoms with Gasteiger partial charge in [-0.2, -0.15) is 4.98 Å². The van der Waals surface area contributed by atoms with E-state index in [1.165, 1.54) is 0 Å². The first kappa shape index (κ1) is 10.9. The molecule has 2 N–H and O–H groups in total. The third kappa shape index (κ3) is 2.14. The summed E-state index contributed by atoms with van der Waals surface area (Å²) < 4.78 is 7.09. The van der Waals surface area contributed by atoms with Gasteiger partial charge in [0.25, 0.3) is 0 Å². The van der Waals surface area contributed by atoms with Gasteiger partial charge in [0.2, 0.25) is 5.89 Å². The van der Waals surface area contributed by atoms with E-state index < -0.39 is 0 Å². The van der Waals surface area contributed by atoms with E-state index >= 15 is 0 Å². The molecule has 0 aliphatic heterocycles. The van der Waals surface area contributed by atoms with Gasteiger partial charge < -0.3 is 14.8 Å². The van der Waals surface area contributed by atoms with E-state index in [2.05, 4.69) is 10.1 Å². The van der Waals surface area contributed by atoms with Gasteiger partial charge in [0, 0.05) is 24.4 Å². The fourth-order valence-corrected chi connectivity index (χ4v) is 1.63. The van der Waals surface area contributed by atoms with Crippen molar-refractivity contribution in [2.75, 3.05) is 0 Å². The van der Waals surface area contributed by atoms with Crippen molar-refractivity contribution < 1.29 is 4.52 Å². The first-order valence-electron chi connectivity index (χ1n) is 5.42. The van der Waals surface area contributed by atoms with Crippen LogP contribution in [-0.2, 0) is 13.0 Å². The fourth-order valence-electron chi connectivity index (χ4n) is 1.63. The molecule has 0 aromatic carbocycles. The molecule has 16 heavy (non-hydrogen) atoms. The second-order valence-corrected chi connectivity index (χ2v) is 3.81. The monoisotopic (exact) mass is 220 g/mol. The lowest BCUT2D eigenvalue weighted by Crippen LogP contribution is -2.12. The van der Waals surface area contributed by atoms with Crippen molar-refractivity contribution in [2.45, 2.75) is 32.9 Å². The molecule has 1 atom stereocenters. The molecule has 0 saturated heterocycles. The first-order chi connectivity index (χ1) is 7.70. The Hall–Kier alpha value is -1.62. The predicted octanol–water partition coefficient (Wildman–Crippen LogP) is 1.50. The minimum absolute atomic E-state index is 0.00699. The second-order valence-electron chi connectivity index (χ2n) is 3.81. The summed E-state index contributed by atoms with van der Waals surface area (Å²) >= 11 is 0. The van der Waals surface area contributed by atoms with Crippen LogP contribution in [0.3, 0.4) is 0 Å². The number of aryl methyl sites for hydroxylation is 1. The van der Waals surface area contributed by atoms with Crippen molar-refractivity contribution in [1.82, 2.24) is 14.7 Å². The van der Waals surface area contributed by atoms with Gasteiger partial charge in [-0.15, -0.1) is 0 Å². The Bertz CT molecular complexity index is 458. The highest BCUT2D eigenvalue weighted by molar-refractivity contribution is 5.12. The molecule has 1 unspecified atom stereocenters. The quantitative estimate of drug-likeness (QED) is 0.847. The molecule has 2 aromatic heterocycles. The lowest BCUT2D eigenvalue weighted by molar-refractivity contribution is 0.375. The number of hydrogen-bond acceptors (Lipinski definition) is 4. The van der Waals surface area contributed by atoms with Crippen molar-refractivity contribution in [3.8, 4) is 0 Å². The van der Waals surface area contributed by atoms with Gasteiger partial charge in [-0.25, -0.2) is 0 Å². The average molecular weight is 220 g/mol. The zero-order valence-electron chi connectivity index (χ0n) is 9.55. The van der Waals surface area contributed by atoms with Crippen LogP contribution < -0.4 is 5.73 Å². The predicted molar refractivity (Wildman–Crippen MR) is 59.8 cm³/mol. The third-order valence-corrected chi connectivity index (χ3v) is 2.46. The molecule has 0 saturated carbocycles. The van der Waals surface area contributed by atoms with E-state index in [0.717, 1.165) is 12.1 Å². The van der Waals surface area contributed by atoms with Crippen molar-refractivity contribution in [3.63, 3.8) is 0 Å². The molecule has 5 nitrogen and oxygen atoms in total. The van der Waals surface area contributed by atoms with Crippen LogP contribution in [-0.4, -0.2) is 14.7 Å². The summed E-state index contributed by atoms with van der Waals surface area (Å²) in [4.78, 5) is 4.26. The molecular formula is C11H16N4O. The number of rotatable bonds is 4. The van der Waals surface area contributed by atoms with E-state index in [1.54, 1.807) is 0 Å². The van der Waals surface area contributed by atoms with E-state index in [4.69, 9.17) is 10.3 Å². The van der Waals surface area contributed by atoms with Gasteiger partial charge in [0.15, 0.2) is 5.82 Å². The minimum atomic E-state index is 0.00699. The Morgan fingerprint density at radius 2 is 2.38 bits per heavy atom. The topological polar surface area (TPSA) is 69.9 Å².